The highest BCUT2D eigenvalue weighted by molar-refractivity contribution is 4.87. The van der Waals surface area contributed by atoms with Crippen LogP contribution in [0, 0.1) is 35.0 Å². The van der Waals surface area contributed by atoms with Crippen molar-refractivity contribution in [2.24, 2.45) is 23.7 Å². The lowest BCUT2D eigenvalue weighted by Crippen LogP contribution is -2.17. The molecule has 23 heavy (non-hydrogen) atoms. The van der Waals surface area contributed by atoms with Gasteiger partial charge in [0.25, 0.3) is 0 Å². The maximum atomic E-state index is 12.0. The van der Waals surface area contributed by atoms with Crippen molar-refractivity contribution in [1.29, 1.82) is 5.26 Å². The lowest BCUT2D eigenvalue weighted by molar-refractivity contribution is 0.223. The monoisotopic (exact) mass is 319 g/mol. The van der Waals surface area contributed by atoms with Gasteiger partial charge in [0.15, 0.2) is 0 Å². The molecule has 2 heteroatoms. The van der Waals surface area contributed by atoms with Crippen LogP contribution in [0.3, 0.4) is 0 Å². The molecule has 130 valence electrons. The largest absolute Gasteiger partial charge is 0.251 e. The Labute approximate surface area is 142 Å². The second-order valence-electron chi connectivity index (χ2n) is 7.84. The minimum Gasteiger partial charge on any atom is -0.251 e. The molecular weight excluding hydrogens is 285 g/mol. The highest BCUT2D eigenvalue weighted by Crippen LogP contribution is 2.37. The molecule has 0 aromatic rings. The molecule has 0 atom stereocenters. The molecular formula is C21H34FN. The fourth-order valence-corrected chi connectivity index (χ4v) is 4.49. The van der Waals surface area contributed by atoms with Crippen molar-refractivity contribution >= 4 is 0 Å². The third-order valence-corrected chi connectivity index (χ3v) is 6.16. The summed E-state index contributed by atoms with van der Waals surface area (Å²) in [6.07, 6.45) is 20.5. The van der Waals surface area contributed by atoms with E-state index in [2.05, 4.69) is 12.1 Å². The van der Waals surface area contributed by atoms with E-state index in [-0.39, 0.29) is 6.67 Å². The van der Waals surface area contributed by atoms with Gasteiger partial charge in [-0.15, -0.1) is 0 Å². The number of hydrogen-bond acceptors (Lipinski definition) is 1. The Morgan fingerprint density at radius 1 is 0.739 bits per heavy atom. The Hall–Kier alpha value is -0.840. The molecule has 2 aliphatic rings. The van der Waals surface area contributed by atoms with Crippen LogP contribution in [-0.4, -0.2) is 6.67 Å². The molecule has 2 aliphatic carbocycles. The Kier molecular flexibility index (Phi) is 8.72. The van der Waals surface area contributed by atoms with E-state index in [4.69, 9.17) is 5.26 Å². The average molecular weight is 320 g/mol. The Balaban J connectivity index is 1.52. The summed E-state index contributed by atoms with van der Waals surface area (Å²) in [7, 11) is 0. The number of halogens is 1. The predicted molar refractivity (Wildman–Crippen MR) is 94.7 cm³/mol. The van der Waals surface area contributed by atoms with Crippen molar-refractivity contribution in [3.63, 3.8) is 0 Å². The second-order valence-corrected chi connectivity index (χ2v) is 7.84. The van der Waals surface area contributed by atoms with Crippen molar-refractivity contribution in [1.82, 2.24) is 0 Å². The third kappa shape index (κ3) is 7.06. The van der Waals surface area contributed by atoms with Crippen LogP contribution in [0.4, 0.5) is 4.39 Å². The standard InChI is InChI=1S/C21H34FN/c22-16-4-2-1-3-5-18-6-8-19(9-7-18)10-11-20-12-14-21(17-23)15-13-20/h1-2,18-21H,3-16H2. The van der Waals surface area contributed by atoms with Gasteiger partial charge in [0.1, 0.15) is 0 Å². The maximum absolute atomic E-state index is 12.0. The van der Waals surface area contributed by atoms with Gasteiger partial charge < -0.3 is 0 Å². The molecule has 0 aliphatic heterocycles. The quantitative estimate of drug-likeness (QED) is 0.462. The van der Waals surface area contributed by atoms with Crippen LogP contribution in [0.25, 0.3) is 0 Å². The van der Waals surface area contributed by atoms with Crippen LogP contribution in [0.2, 0.25) is 0 Å². The van der Waals surface area contributed by atoms with Crippen molar-refractivity contribution < 1.29 is 4.39 Å². The third-order valence-electron chi connectivity index (χ3n) is 6.16. The van der Waals surface area contributed by atoms with Gasteiger partial charge in [0.2, 0.25) is 0 Å². The van der Waals surface area contributed by atoms with Gasteiger partial charge >= 0.3 is 0 Å². The van der Waals surface area contributed by atoms with Crippen molar-refractivity contribution in [2.75, 3.05) is 6.67 Å². The Bertz CT molecular complexity index is 368. The van der Waals surface area contributed by atoms with Crippen molar-refractivity contribution in [2.45, 2.75) is 83.5 Å². The minimum atomic E-state index is -0.222. The van der Waals surface area contributed by atoms with Gasteiger partial charge in [-0.2, -0.15) is 5.26 Å². The van der Waals surface area contributed by atoms with Gasteiger partial charge in [0, 0.05) is 5.92 Å². The summed E-state index contributed by atoms with van der Waals surface area (Å²) in [6, 6.07) is 2.44. The summed E-state index contributed by atoms with van der Waals surface area (Å²) < 4.78 is 12.0. The highest BCUT2D eigenvalue weighted by Gasteiger charge is 2.24. The molecule has 1 nitrogen and oxygen atoms in total. The molecule has 0 aromatic carbocycles. The van der Waals surface area contributed by atoms with Gasteiger partial charge in [-0.25, -0.2) is 0 Å². The smallest absolute Gasteiger partial charge is 0.0928 e. The molecule has 0 radical (unpaired) electrons. The van der Waals surface area contributed by atoms with Crippen LogP contribution in [0.1, 0.15) is 83.5 Å². The molecule has 2 rings (SSSR count). The molecule has 0 N–H and O–H groups in total. The van der Waals surface area contributed by atoms with E-state index in [0.29, 0.717) is 12.3 Å². The zero-order chi connectivity index (χ0) is 16.3. The Morgan fingerprint density at radius 2 is 1.22 bits per heavy atom. The summed E-state index contributed by atoms with van der Waals surface area (Å²) in [6.45, 7) is -0.222. The number of alkyl halides is 1. The van der Waals surface area contributed by atoms with E-state index in [9.17, 15) is 4.39 Å². The minimum absolute atomic E-state index is 0.222. The van der Waals surface area contributed by atoms with E-state index in [1.807, 2.05) is 6.08 Å². The molecule has 0 spiro atoms. The topological polar surface area (TPSA) is 23.8 Å². The fourth-order valence-electron chi connectivity index (χ4n) is 4.49. The first kappa shape index (κ1) is 18.5. The fraction of sp³-hybridized carbons (Fsp3) is 0.857. The van der Waals surface area contributed by atoms with Gasteiger partial charge in [-0.3, -0.25) is 4.39 Å². The first-order chi connectivity index (χ1) is 11.3. The molecule has 0 amide bonds. The summed E-state index contributed by atoms with van der Waals surface area (Å²) in [5.74, 6) is 3.12. The molecule has 0 bridgehead atoms. The zero-order valence-electron chi connectivity index (χ0n) is 14.7. The molecule has 0 unspecified atom stereocenters. The first-order valence-electron chi connectivity index (χ1n) is 9.92. The molecule has 0 heterocycles. The van der Waals surface area contributed by atoms with E-state index >= 15 is 0 Å². The van der Waals surface area contributed by atoms with E-state index in [1.54, 1.807) is 0 Å². The van der Waals surface area contributed by atoms with Crippen molar-refractivity contribution in [3.05, 3.63) is 12.2 Å². The number of nitrogens with zero attached hydrogens (tertiary/aromatic N) is 1. The summed E-state index contributed by atoms with van der Waals surface area (Å²) in [5.41, 5.74) is 0. The second kappa shape index (κ2) is 10.8. The number of rotatable bonds is 8. The van der Waals surface area contributed by atoms with Crippen LogP contribution in [0.5, 0.6) is 0 Å². The number of allylic oxidation sites excluding steroid dienone is 2. The summed E-state index contributed by atoms with van der Waals surface area (Å²) >= 11 is 0. The van der Waals surface area contributed by atoms with Gasteiger partial charge in [-0.1, -0.05) is 50.7 Å². The van der Waals surface area contributed by atoms with Crippen molar-refractivity contribution in [3.8, 4) is 6.07 Å². The van der Waals surface area contributed by atoms with Crippen LogP contribution < -0.4 is 0 Å². The van der Waals surface area contributed by atoms with E-state index in [1.165, 1.54) is 57.8 Å². The Morgan fingerprint density at radius 3 is 1.74 bits per heavy atom. The maximum Gasteiger partial charge on any atom is 0.0928 e. The normalized spacial score (nSPS) is 32.0. The lowest BCUT2D eigenvalue weighted by atomic mass is 9.75. The predicted octanol–water partition coefficient (Wildman–Crippen LogP) is 6.60. The van der Waals surface area contributed by atoms with E-state index in [0.717, 1.165) is 37.0 Å². The average Bonchev–Trinajstić information content (AvgIpc) is 2.61. The van der Waals surface area contributed by atoms with Crippen LogP contribution in [0.15, 0.2) is 12.2 Å². The van der Waals surface area contributed by atoms with Crippen LogP contribution >= 0.6 is 0 Å². The molecule has 0 saturated heterocycles. The van der Waals surface area contributed by atoms with E-state index < -0.39 is 0 Å². The SMILES string of the molecule is N#CC1CCC(CCC2CCC(CCC=CCCF)CC2)CC1. The first-order valence-corrected chi connectivity index (χ1v) is 9.92. The molecule has 2 saturated carbocycles. The number of nitriles is 1. The summed E-state index contributed by atoms with van der Waals surface area (Å²) in [5, 5.41) is 8.97. The summed E-state index contributed by atoms with van der Waals surface area (Å²) in [4.78, 5) is 0. The van der Waals surface area contributed by atoms with Gasteiger partial charge in [0.05, 0.1) is 12.7 Å². The van der Waals surface area contributed by atoms with Crippen LogP contribution in [-0.2, 0) is 0 Å². The zero-order valence-corrected chi connectivity index (χ0v) is 14.7. The van der Waals surface area contributed by atoms with Gasteiger partial charge in [-0.05, 0) is 62.7 Å². The molecule has 0 aromatic heterocycles. The highest BCUT2D eigenvalue weighted by atomic mass is 19.1. The lowest BCUT2D eigenvalue weighted by Gasteiger charge is -2.30. The molecule has 2 fully saturated rings. The number of hydrogen-bond donors (Lipinski definition) is 0.